The molecule has 0 aliphatic carbocycles. The lowest BCUT2D eigenvalue weighted by molar-refractivity contribution is 0.0508. The van der Waals surface area contributed by atoms with Crippen LogP contribution in [0.1, 0.15) is 94.2 Å². The van der Waals surface area contributed by atoms with Crippen molar-refractivity contribution in [2.45, 2.75) is 133 Å². The molecule has 4 aliphatic rings. The van der Waals surface area contributed by atoms with Gasteiger partial charge in [0.25, 0.3) is 0 Å². The summed E-state index contributed by atoms with van der Waals surface area (Å²) in [5.74, 6) is 0.507. The first kappa shape index (κ1) is 83.3. The maximum Gasteiger partial charge on any atom is 0.407 e. The largest absolute Gasteiger partial charge is 0.454 e. The van der Waals surface area contributed by atoms with Gasteiger partial charge in [0, 0.05) is 218 Å². The van der Waals surface area contributed by atoms with Crippen LogP contribution < -0.4 is 58.1 Å². The molecule has 16 heterocycles. The highest BCUT2D eigenvalue weighted by Gasteiger charge is 2.30. The van der Waals surface area contributed by atoms with E-state index in [0.717, 1.165) is 184 Å². The number of ether oxygens (including phenoxy) is 1. The van der Waals surface area contributed by atoms with E-state index in [0.29, 0.717) is 103 Å². The predicted octanol–water partition coefficient (Wildman–Crippen LogP) is 16.4. The molecule has 1 amide bonds. The fourth-order valence-corrected chi connectivity index (χ4v) is 17.5. The summed E-state index contributed by atoms with van der Waals surface area (Å²) in [6, 6.07) is 40.9. The zero-order valence-electron chi connectivity index (χ0n) is 72.2. The van der Waals surface area contributed by atoms with Crippen molar-refractivity contribution in [2.24, 2.45) is 0 Å². The number of nitrogens with zero attached hydrogens (tertiary/aromatic N) is 13. The summed E-state index contributed by atoms with van der Waals surface area (Å²) in [6.07, 6.45) is 12.8. The highest BCUT2D eigenvalue weighted by molar-refractivity contribution is 6.29. The quantitative estimate of drug-likeness (QED) is 0.101. The summed E-state index contributed by atoms with van der Waals surface area (Å²) in [6.45, 7) is 35.8. The molecule has 0 radical (unpaired) electrons. The number of hydrogen-bond acceptors (Lipinski definition) is 23. The van der Waals surface area contributed by atoms with Crippen LogP contribution in [0.15, 0.2) is 200 Å². The Bertz CT molecular complexity index is 7080. The number of pyridine rings is 1. The van der Waals surface area contributed by atoms with Crippen LogP contribution in [0.3, 0.4) is 0 Å². The van der Waals surface area contributed by atoms with E-state index in [1.54, 1.807) is 16.8 Å². The van der Waals surface area contributed by atoms with Crippen LogP contribution in [0, 0.1) is 48.5 Å². The van der Waals surface area contributed by atoms with Crippen LogP contribution in [0.4, 0.5) is 27.5 Å². The van der Waals surface area contributed by atoms with Crippen molar-refractivity contribution in [1.29, 1.82) is 0 Å². The number of nitrogens with one attached hydrogen (secondary N) is 3. The zero-order chi connectivity index (χ0) is 86.8. The zero-order valence-corrected chi connectivity index (χ0v) is 73.0. The highest BCUT2D eigenvalue weighted by Crippen LogP contribution is 2.36. The fraction of sp³-hybridized carbons (Fsp3) is 0.333. The highest BCUT2D eigenvalue weighted by atomic mass is 35.5. The van der Waals surface area contributed by atoms with E-state index in [9.17, 15) is 24.0 Å². The van der Waals surface area contributed by atoms with Crippen LogP contribution in [0.2, 0.25) is 5.15 Å². The SMILES string of the molecule is Cc1cc2cc(-c3cc4ccc(N5CCNCC5)cc4oc3=O)oc2c(C)n1.Cc1cn2cc(-c3cc4ccc(N5CC[C@H](NC(=O)OC(C)(C)C)C5)cc4oc3=O)cc2c(C)n1.Cc1cn2cc(-c3cc4ccc(N5CC[C@H](NC(C)C)C5)cc4oc3=O)cc2c(C)n1.Cc1nc(Cl)cn2cc(-c3cc4ccc(N5CCN(C)[C@H](C)C5)cc4oc3=O)nc12. The Hall–Kier alpha value is -13.0. The first-order chi connectivity index (χ1) is 59.4. The van der Waals surface area contributed by atoms with Crippen LogP contribution in [-0.4, -0.2) is 158 Å². The summed E-state index contributed by atoms with van der Waals surface area (Å²) >= 11 is 6.04. The van der Waals surface area contributed by atoms with Gasteiger partial charge >= 0.3 is 28.6 Å². The number of aromatic nitrogens is 8. The monoisotopic (exact) mass is 1690 g/mol. The van der Waals surface area contributed by atoms with Crippen LogP contribution in [0.5, 0.6) is 0 Å². The molecule has 27 nitrogen and oxygen atoms in total. The van der Waals surface area contributed by atoms with Gasteiger partial charge in [-0.15, -0.1) is 0 Å². The topological polar surface area (TPSA) is 290 Å². The minimum absolute atomic E-state index is 0.000452. The molecular formula is C96H101ClN16O11. The van der Waals surface area contributed by atoms with Crippen molar-refractivity contribution in [1.82, 2.24) is 59.0 Å². The van der Waals surface area contributed by atoms with Gasteiger partial charge in [0.1, 0.15) is 44.4 Å². The Morgan fingerprint density at radius 3 is 1.48 bits per heavy atom. The smallest absolute Gasteiger partial charge is 0.407 e. The minimum Gasteiger partial charge on any atom is -0.454 e. The normalized spacial score (nSPS) is 16.5. The Morgan fingerprint density at radius 2 is 0.952 bits per heavy atom. The molecule has 638 valence electrons. The van der Waals surface area contributed by atoms with Gasteiger partial charge in [-0.1, -0.05) is 25.4 Å². The lowest BCUT2D eigenvalue weighted by atomic mass is 10.1. The Balaban J connectivity index is 0.000000117. The van der Waals surface area contributed by atoms with Gasteiger partial charge in [0.15, 0.2) is 11.2 Å². The van der Waals surface area contributed by atoms with Crippen molar-refractivity contribution in [3.63, 3.8) is 0 Å². The average Bonchev–Trinajstić information content (AvgIpc) is 1.68. The number of anilines is 4. The van der Waals surface area contributed by atoms with Crippen molar-refractivity contribution in [2.75, 3.05) is 98.6 Å². The number of aryl methyl sites for hydroxylation is 7. The molecule has 0 saturated carbocycles. The van der Waals surface area contributed by atoms with Crippen LogP contribution >= 0.6 is 11.6 Å². The third-order valence-electron chi connectivity index (χ3n) is 23.4. The van der Waals surface area contributed by atoms with Gasteiger partial charge in [-0.25, -0.2) is 33.9 Å². The molecule has 28 heteroatoms. The molecule has 4 aliphatic heterocycles. The molecule has 4 saturated heterocycles. The van der Waals surface area contributed by atoms with Crippen LogP contribution in [-0.2, 0) is 4.74 Å². The summed E-state index contributed by atoms with van der Waals surface area (Å²) in [4.78, 5) is 97.1. The summed E-state index contributed by atoms with van der Waals surface area (Å²) in [5, 5.41) is 14.7. The van der Waals surface area contributed by atoms with Gasteiger partial charge in [0.05, 0.1) is 73.6 Å². The second kappa shape index (κ2) is 34.0. The number of rotatable bonds is 11. The maximum absolute atomic E-state index is 12.9. The van der Waals surface area contributed by atoms with Gasteiger partial charge in [-0.05, 0) is 193 Å². The Morgan fingerprint density at radius 1 is 0.476 bits per heavy atom. The first-order valence-corrected chi connectivity index (χ1v) is 42.6. The molecule has 0 bridgehead atoms. The van der Waals surface area contributed by atoms with E-state index in [1.165, 1.54) is 0 Å². The van der Waals surface area contributed by atoms with E-state index >= 15 is 0 Å². The number of benzene rings is 4. The standard InChI is InChI=1S/C27H30N4O4.C25H28N4O2.C22H22ClN5O2.C22H21N3O3/c1-16-13-31-14-19(11-23(31)17(2)28-16)22-10-18-6-7-21(12-24(18)34-25(22)32)30-9-8-20(15-30)29-26(33)35-27(3,4)5;1-15(2)26-20-7-8-28(14-20)21-6-5-18-9-22(25(30)31-24(18)11-21)19-10-23-17(4)27-16(3)12-29(23)13-19;1-13-10-27(7-6-26(13)3)16-5-4-15-8-17(22(29)30-19(15)9-16)18-11-28-12-20(23)24-14(2)21(28)25-18;1-13-9-16-11-20(27-21(16)14(2)24-13)18-10-15-3-4-17(12-19(15)28-22(18)26)25-7-5-23-6-8-25/h6-7,10-14,20H,8-9,15H2,1-5H3,(H,29,33);5-6,9-13,15,20,26H,7-8,14H2,1-4H3;4-5,8-9,11-13H,6-7,10H2,1-3H3;3-4,9-12,23H,5-8H2,1-2H3/t2*20-;13-;/m001./s1. The number of halogens is 1. The second-order valence-electron chi connectivity index (χ2n) is 34.4. The molecule has 20 rings (SSSR count). The lowest BCUT2D eigenvalue weighted by Crippen LogP contribution is -2.50. The predicted molar refractivity (Wildman–Crippen MR) is 490 cm³/mol. The molecule has 12 aromatic heterocycles. The van der Waals surface area contributed by atoms with Gasteiger partial charge in [-0.3, -0.25) is 15.0 Å². The van der Waals surface area contributed by atoms with E-state index in [4.69, 9.17) is 38.4 Å². The molecule has 3 atom stereocenters. The molecule has 4 aromatic carbocycles. The number of amides is 1. The first-order valence-electron chi connectivity index (χ1n) is 42.2. The third kappa shape index (κ3) is 17.9. The van der Waals surface area contributed by atoms with Gasteiger partial charge < -0.3 is 80.5 Å². The van der Waals surface area contributed by atoms with Crippen molar-refractivity contribution >= 4 is 112 Å². The van der Waals surface area contributed by atoms with E-state index in [1.807, 2.05) is 206 Å². The minimum atomic E-state index is -0.528. The number of alkyl carbamates (subject to hydrolysis) is 1. The number of hydrogen-bond donors (Lipinski definition) is 3. The molecule has 0 spiro atoms. The third-order valence-corrected chi connectivity index (χ3v) is 23.6. The van der Waals surface area contributed by atoms with E-state index in [-0.39, 0.29) is 17.3 Å². The summed E-state index contributed by atoms with van der Waals surface area (Å²) in [7, 11) is 2.15. The second-order valence-corrected chi connectivity index (χ2v) is 34.8. The Kier molecular flexibility index (Phi) is 22.9. The lowest BCUT2D eigenvalue weighted by Gasteiger charge is -2.39. The molecule has 16 aromatic rings. The van der Waals surface area contributed by atoms with Crippen molar-refractivity contribution < 1.29 is 31.6 Å². The maximum atomic E-state index is 12.9. The molecule has 0 unspecified atom stereocenters. The number of carbonyl (C=O) groups excluding carboxylic acids is 1. The van der Waals surface area contributed by atoms with Crippen LogP contribution in [0.25, 0.3) is 116 Å². The number of carbonyl (C=O) groups is 1. The average molecular weight is 1690 g/mol. The molecular weight excluding hydrogens is 1590 g/mol. The number of fused-ring (bicyclic) bond motifs is 8. The molecule has 124 heavy (non-hydrogen) atoms. The van der Waals surface area contributed by atoms with Crippen molar-refractivity contribution in [3.8, 4) is 44.8 Å². The number of imidazole rings is 1. The number of piperazine rings is 2. The van der Waals surface area contributed by atoms with Gasteiger partial charge in [0.2, 0.25) is 0 Å². The van der Waals surface area contributed by atoms with Gasteiger partial charge in [-0.2, -0.15) is 0 Å². The summed E-state index contributed by atoms with van der Waals surface area (Å²) in [5.41, 5.74) is 18.1. The molecule has 3 N–H and O–H groups in total. The number of furan rings is 1. The molecule has 4 fully saturated rings. The fourth-order valence-electron chi connectivity index (χ4n) is 17.2. The summed E-state index contributed by atoms with van der Waals surface area (Å²) < 4.78 is 40.0. The Labute approximate surface area is 719 Å². The van der Waals surface area contributed by atoms with E-state index in [2.05, 4.69) is 111 Å². The van der Waals surface area contributed by atoms with Crippen molar-refractivity contribution in [3.05, 3.63) is 245 Å². The number of likely N-dealkylation sites (N-methyl/N-ethyl adjacent to an activating group) is 1. The van der Waals surface area contributed by atoms with E-state index < -0.39 is 22.9 Å².